The zero-order valence-electron chi connectivity index (χ0n) is 10.0. The number of amides is 1. The van der Waals surface area contributed by atoms with E-state index in [1.807, 2.05) is 0 Å². The number of nitrogens with one attached hydrogen (secondary N) is 2. The first kappa shape index (κ1) is 14.5. The van der Waals surface area contributed by atoms with Gasteiger partial charge in [0, 0.05) is 24.4 Å². The average molecular weight is 272 g/mol. The Hall–Kier alpha value is -1.60. The largest absolute Gasteiger partial charge is 0.396 e. The second-order valence-corrected chi connectivity index (χ2v) is 5.54. The minimum Gasteiger partial charge on any atom is -0.396 e. The van der Waals surface area contributed by atoms with Crippen LogP contribution in [0.5, 0.6) is 0 Å². The summed E-state index contributed by atoms with van der Waals surface area (Å²) < 4.78 is 24.4. The molecule has 0 aliphatic rings. The minimum absolute atomic E-state index is 0.00987. The van der Waals surface area contributed by atoms with Gasteiger partial charge in [0.25, 0.3) is 5.91 Å². The van der Waals surface area contributed by atoms with E-state index in [1.54, 1.807) is 18.2 Å². The molecular weight excluding hydrogens is 256 g/mol. The van der Waals surface area contributed by atoms with Crippen LogP contribution in [0.4, 0.5) is 5.69 Å². The number of aliphatic hydroxyl groups is 1. The normalized spacial score (nSPS) is 11.0. The summed E-state index contributed by atoms with van der Waals surface area (Å²) >= 11 is 0. The topological polar surface area (TPSA) is 95.5 Å². The van der Waals surface area contributed by atoms with Crippen LogP contribution >= 0.6 is 0 Å². The van der Waals surface area contributed by atoms with E-state index in [4.69, 9.17) is 5.11 Å². The van der Waals surface area contributed by atoms with Crippen LogP contribution in [0.1, 0.15) is 16.8 Å². The van der Waals surface area contributed by atoms with Crippen LogP contribution < -0.4 is 10.0 Å². The lowest BCUT2D eigenvalue weighted by molar-refractivity contribution is 0.0951. The fourth-order valence-corrected chi connectivity index (χ4v) is 1.88. The molecule has 0 saturated heterocycles. The third-order valence-corrected chi connectivity index (χ3v) is 2.65. The summed E-state index contributed by atoms with van der Waals surface area (Å²) in [5, 5.41) is 11.2. The second kappa shape index (κ2) is 6.36. The Bertz CT molecular complexity index is 514. The molecule has 1 aromatic carbocycles. The van der Waals surface area contributed by atoms with E-state index in [2.05, 4.69) is 10.0 Å². The van der Waals surface area contributed by atoms with Crippen molar-refractivity contribution < 1.29 is 18.3 Å². The van der Waals surface area contributed by atoms with Gasteiger partial charge in [0.1, 0.15) is 0 Å². The zero-order chi connectivity index (χ0) is 13.6. The highest BCUT2D eigenvalue weighted by atomic mass is 32.2. The molecule has 100 valence electrons. The third kappa shape index (κ3) is 5.15. The molecule has 0 atom stereocenters. The molecular formula is C11H16N2O4S. The second-order valence-electron chi connectivity index (χ2n) is 3.79. The van der Waals surface area contributed by atoms with Crippen molar-refractivity contribution in [2.75, 3.05) is 24.1 Å². The van der Waals surface area contributed by atoms with Gasteiger partial charge < -0.3 is 10.4 Å². The van der Waals surface area contributed by atoms with Crippen LogP contribution in [0.3, 0.4) is 0 Å². The maximum absolute atomic E-state index is 11.7. The van der Waals surface area contributed by atoms with E-state index in [9.17, 15) is 13.2 Å². The van der Waals surface area contributed by atoms with E-state index in [1.165, 1.54) is 6.07 Å². The van der Waals surface area contributed by atoms with E-state index in [0.717, 1.165) is 6.26 Å². The maximum atomic E-state index is 11.7. The SMILES string of the molecule is CS(=O)(=O)Nc1cccc(C(=O)NCCCO)c1. The number of anilines is 1. The molecule has 0 unspecified atom stereocenters. The molecule has 1 aromatic rings. The molecule has 1 amide bonds. The Morgan fingerprint density at radius 2 is 2.11 bits per heavy atom. The molecule has 0 bridgehead atoms. The van der Waals surface area contributed by atoms with E-state index >= 15 is 0 Å². The lowest BCUT2D eigenvalue weighted by Gasteiger charge is -2.07. The zero-order valence-corrected chi connectivity index (χ0v) is 10.8. The third-order valence-electron chi connectivity index (χ3n) is 2.05. The summed E-state index contributed by atoms with van der Waals surface area (Å²) in [6.07, 6.45) is 1.52. The van der Waals surface area contributed by atoms with Gasteiger partial charge in [0.05, 0.1) is 6.26 Å². The minimum atomic E-state index is -3.36. The maximum Gasteiger partial charge on any atom is 0.251 e. The molecule has 1 rings (SSSR count). The van der Waals surface area contributed by atoms with Gasteiger partial charge in [-0.2, -0.15) is 0 Å². The summed E-state index contributed by atoms with van der Waals surface area (Å²) in [6, 6.07) is 6.19. The van der Waals surface area contributed by atoms with Gasteiger partial charge in [-0.05, 0) is 24.6 Å². The number of carbonyl (C=O) groups is 1. The standard InChI is InChI=1S/C11H16N2O4S/c1-18(16,17)13-10-5-2-4-9(8-10)11(15)12-6-3-7-14/h2,4-5,8,13-14H,3,6-7H2,1H3,(H,12,15). The summed E-state index contributed by atoms with van der Waals surface area (Å²) in [4.78, 5) is 11.7. The van der Waals surface area contributed by atoms with E-state index < -0.39 is 10.0 Å². The first-order valence-corrected chi connectivity index (χ1v) is 7.28. The van der Waals surface area contributed by atoms with Crippen molar-refractivity contribution in [3.05, 3.63) is 29.8 Å². The molecule has 0 aliphatic carbocycles. The Labute approximate surface area is 106 Å². The van der Waals surface area contributed by atoms with E-state index in [-0.39, 0.29) is 12.5 Å². The lowest BCUT2D eigenvalue weighted by atomic mass is 10.2. The van der Waals surface area contributed by atoms with Crippen molar-refractivity contribution in [1.82, 2.24) is 5.32 Å². The number of benzene rings is 1. The fourth-order valence-electron chi connectivity index (χ4n) is 1.32. The van der Waals surface area contributed by atoms with E-state index in [0.29, 0.717) is 24.2 Å². The molecule has 0 aliphatic heterocycles. The Morgan fingerprint density at radius 1 is 1.39 bits per heavy atom. The molecule has 0 spiro atoms. The monoisotopic (exact) mass is 272 g/mol. The summed E-state index contributed by atoms with van der Waals surface area (Å²) in [5.41, 5.74) is 0.703. The van der Waals surface area contributed by atoms with Crippen LogP contribution in [0.25, 0.3) is 0 Å². The number of rotatable bonds is 6. The van der Waals surface area contributed by atoms with Crippen molar-refractivity contribution in [2.24, 2.45) is 0 Å². The Morgan fingerprint density at radius 3 is 2.72 bits per heavy atom. The molecule has 0 aromatic heterocycles. The first-order chi connectivity index (χ1) is 8.42. The van der Waals surface area contributed by atoms with Gasteiger partial charge in [-0.15, -0.1) is 0 Å². The predicted molar refractivity (Wildman–Crippen MR) is 68.9 cm³/mol. The fraction of sp³-hybridized carbons (Fsp3) is 0.364. The van der Waals surface area contributed by atoms with Crippen LogP contribution in [0.2, 0.25) is 0 Å². The molecule has 18 heavy (non-hydrogen) atoms. The molecule has 0 heterocycles. The Balaban J connectivity index is 2.72. The van der Waals surface area contributed by atoms with Crippen LogP contribution in [0, 0.1) is 0 Å². The van der Waals surface area contributed by atoms with Gasteiger partial charge in [0.15, 0.2) is 0 Å². The van der Waals surface area contributed by atoms with Crippen LogP contribution in [0.15, 0.2) is 24.3 Å². The van der Waals surface area contributed by atoms with Gasteiger partial charge in [-0.25, -0.2) is 8.42 Å². The molecule has 0 fully saturated rings. The van der Waals surface area contributed by atoms with Crippen molar-refractivity contribution in [3.63, 3.8) is 0 Å². The summed E-state index contributed by atoms with van der Waals surface area (Å²) in [7, 11) is -3.36. The van der Waals surface area contributed by atoms with Crippen LogP contribution in [-0.4, -0.2) is 38.8 Å². The van der Waals surface area contributed by atoms with Gasteiger partial charge >= 0.3 is 0 Å². The van der Waals surface area contributed by atoms with Gasteiger partial charge in [0.2, 0.25) is 10.0 Å². The number of aliphatic hydroxyl groups excluding tert-OH is 1. The first-order valence-electron chi connectivity index (χ1n) is 5.39. The molecule has 0 radical (unpaired) electrons. The number of hydrogen-bond donors (Lipinski definition) is 3. The smallest absolute Gasteiger partial charge is 0.251 e. The summed E-state index contributed by atoms with van der Waals surface area (Å²) in [6.45, 7) is 0.384. The van der Waals surface area contributed by atoms with Crippen molar-refractivity contribution in [3.8, 4) is 0 Å². The lowest BCUT2D eigenvalue weighted by Crippen LogP contribution is -2.25. The molecule has 6 nitrogen and oxygen atoms in total. The van der Waals surface area contributed by atoms with Crippen LogP contribution in [-0.2, 0) is 10.0 Å². The van der Waals surface area contributed by atoms with Crippen molar-refractivity contribution in [1.29, 1.82) is 0 Å². The highest BCUT2D eigenvalue weighted by molar-refractivity contribution is 7.92. The molecule has 3 N–H and O–H groups in total. The number of sulfonamides is 1. The Kier molecular flexibility index (Phi) is 5.11. The number of hydrogen-bond acceptors (Lipinski definition) is 4. The summed E-state index contributed by atoms with van der Waals surface area (Å²) in [5.74, 6) is -0.305. The quantitative estimate of drug-likeness (QED) is 0.643. The van der Waals surface area contributed by atoms with Crippen molar-refractivity contribution in [2.45, 2.75) is 6.42 Å². The highest BCUT2D eigenvalue weighted by Gasteiger charge is 2.07. The number of carbonyl (C=O) groups excluding carboxylic acids is 1. The predicted octanol–water partition coefficient (Wildman–Crippen LogP) is 0.170. The molecule has 0 saturated carbocycles. The molecule has 7 heteroatoms. The average Bonchev–Trinajstić information content (AvgIpc) is 2.27. The van der Waals surface area contributed by atoms with Gasteiger partial charge in [-0.3, -0.25) is 9.52 Å². The highest BCUT2D eigenvalue weighted by Crippen LogP contribution is 2.11. The van der Waals surface area contributed by atoms with Crippen molar-refractivity contribution >= 4 is 21.6 Å². The van der Waals surface area contributed by atoms with Gasteiger partial charge in [-0.1, -0.05) is 6.07 Å².